The van der Waals surface area contributed by atoms with E-state index in [4.69, 9.17) is 0 Å². The largest absolute Gasteiger partial charge is 0.350 e. The molecule has 0 unspecified atom stereocenters. The van der Waals surface area contributed by atoms with Gasteiger partial charge in [-0.2, -0.15) is 4.98 Å². The minimum Gasteiger partial charge on any atom is -0.350 e. The molecule has 3 N–H and O–H groups in total. The molecule has 1 heterocycles. The van der Waals surface area contributed by atoms with Crippen molar-refractivity contribution < 1.29 is 4.79 Å². The van der Waals surface area contributed by atoms with Crippen molar-refractivity contribution in [1.29, 1.82) is 0 Å². The highest BCUT2D eigenvalue weighted by Crippen LogP contribution is 2.18. The first-order chi connectivity index (χ1) is 11.6. The van der Waals surface area contributed by atoms with Crippen molar-refractivity contribution in [3.63, 3.8) is 0 Å². The van der Waals surface area contributed by atoms with Crippen molar-refractivity contribution >= 4 is 23.9 Å². The highest BCUT2D eigenvalue weighted by molar-refractivity contribution is 5.74. The van der Waals surface area contributed by atoms with Crippen LogP contribution in [0.5, 0.6) is 0 Å². The summed E-state index contributed by atoms with van der Waals surface area (Å²) >= 11 is 0. The predicted octanol–water partition coefficient (Wildman–Crippen LogP) is 3.59. The van der Waals surface area contributed by atoms with E-state index in [1.54, 1.807) is 6.07 Å². The summed E-state index contributed by atoms with van der Waals surface area (Å²) in [6.07, 6.45) is 0.837. The van der Waals surface area contributed by atoms with Crippen LogP contribution in [0, 0.1) is 13.8 Å². The lowest BCUT2D eigenvalue weighted by Crippen LogP contribution is -2.01. The summed E-state index contributed by atoms with van der Waals surface area (Å²) in [6.45, 7) is 4.66. The van der Waals surface area contributed by atoms with Gasteiger partial charge >= 0.3 is 0 Å². The molecule has 3 rings (SSSR count). The zero-order valence-electron chi connectivity index (χ0n) is 13.6. The lowest BCUT2D eigenvalue weighted by atomic mass is 10.1. The number of nitrogens with one attached hydrogen (secondary N) is 3. The van der Waals surface area contributed by atoms with E-state index >= 15 is 0 Å². The zero-order chi connectivity index (χ0) is 16.9. The van der Waals surface area contributed by atoms with Gasteiger partial charge in [0.2, 0.25) is 11.9 Å². The lowest BCUT2D eigenvalue weighted by Gasteiger charge is -2.05. The molecular formula is C18H19N5O. The van der Waals surface area contributed by atoms with Crippen molar-refractivity contribution in [3.8, 4) is 0 Å². The van der Waals surface area contributed by atoms with Gasteiger partial charge in [-0.15, -0.1) is 5.10 Å². The highest BCUT2D eigenvalue weighted by Gasteiger charge is 2.04. The summed E-state index contributed by atoms with van der Waals surface area (Å²) in [5, 5.41) is 13.3. The van der Waals surface area contributed by atoms with Crippen LogP contribution in [-0.2, 0) is 6.54 Å². The number of carbonyl (C=O) groups is 1. The second kappa shape index (κ2) is 6.95. The molecule has 0 saturated heterocycles. The Labute approximate surface area is 140 Å². The fourth-order valence-electron chi connectivity index (χ4n) is 2.53. The summed E-state index contributed by atoms with van der Waals surface area (Å²) in [4.78, 5) is 15.2. The molecule has 6 heteroatoms. The number of aryl methyl sites for hydroxylation is 2. The second-order valence-electron chi connectivity index (χ2n) is 5.73. The number of aromatic nitrogens is 3. The average Bonchev–Trinajstić information content (AvgIpc) is 2.99. The van der Waals surface area contributed by atoms with Crippen LogP contribution in [0.25, 0.3) is 0 Å². The van der Waals surface area contributed by atoms with Crippen LogP contribution in [0.3, 0.4) is 0 Å². The van der Waals surface area contributed by atoms with Crippen molar-refractivity contribution in [1.82, 2.24) is 15.2 Å². The fraction of sp³-hybridized carbons (Fsp3) is 0.167. The first-order valence-electron chi connectivity index (χ1n) is 7.68. The van der Waals surface area contributed by atoms with E-state index in [0.717, 1.165) is 17.5 Å². The van der Waals surface area contributed by atoms with E-state index in [-0.39, 0.29) is 0 Å². The van der Waals surface area contributed by atoms with Gasteiger partial charge in [0, 0.05) is 17.8 Å². The Hall–Kier alpha value is -3.15. The van der Waals surface area contributed by atoms with Crippen LogP contribution < -0.4 is 10.6 Å². The van der Waals surface area contributed by atoms with Crippen LogP contribution >= 0.6 is 0 Å². The molecule has 0 aliphatic carbocycles. The third-order valence-corrected chi connectivity index (χ3v) is 3.51. The molecule has 0 radical (unpaired) electrons. The molecule has 0 aliphatic heterocycles. The maximum absolute atomic E-state index is 10.8. The first-order valence-corrected chi connectivity index (χ1v) is 7.68. The van der Waals surface area contributed by atoms with Crippen LogP contribution in [0.1, 0.15) is 27.0 Å². The number of carbonyl (C=O) groups excluding carboxylic acids is 1. The van der Waals surface area contributed by atoms with Crippen molar-refractivity contribution in [2.45, 2.75) is 20.4 Å². The Kier molecular flexibility index (Phi) is 4.56. The Morgan fingerprint density at radius 1 is 1.12 bits per heavy atom. The van der Waals surface area contributed by atoms with Gasteiger partial charge in [0.05, 0.1) is 0 Å². The van der Waals surface area contributed by atoms with E-state index in [0.29, 0.717) is 24.0 Å². The van der Waals surface area contributed by atoms with E-state index < -0.39 is 0 Å². The maximum atomic E-state index is 10.8. The summed E-state index contributed by atoms with van der Waals surface area (Å²) in [5.41, 5.74) is 4.98. The Morgan fingerprint density at radius 2 is 1.92 bits per heavy atom. The number of nitrogens with zero attached hydrogens (tertiary/aromatic N) is 2. The molecule has 0 aliphatic rings. The smallest absolute Gasteiger partial charge is 0.248 e. The molecule has 24 heavy (non-hydrogen) atoms. The Balaban J connectivity index is 1.63. The molecule has 6 nitrogen and oxygen atoms in total. The number of hydrogen-bond acceptors (Lipinski definition) is 5. The SMILES string of the molecule is Cc1cc(C)cc(Nc2n[nH]c(NCc3cccc(C=O)c3)n2)c1. The van der Waals surface area contributed by atoms with Crippen LogP contribution in [-0.4, -0.2) is 21.5 Å². The minimum absolute atomic E-state index is 0.504. The van der Waals surface area contributed by atoms with Gasteiger partial charge in [-0.1, -0.05) is 24.3 Å². The van der Waals surface area contributed by atoms with Crippen LogP contribution in [0.4, 0.5) is 17.6 Å². The monoisotopic (exact) mass is 321 g/mol. The topological polar surface area (TPSA) is 82.7 Å². The lowest BCUT2D eigenvalue weighted by molar-refractivity contribution is 0.112. The average molecular weight is 321 g/mol. The molecule has 0 saturated carbocycles. The zero-order valence-corrected chi connectivity index (χ0v) is 13.6. The van der Waals surface area contributed by atoms with Gasteiger partial charge < -0.3 is 10.6 Å². The maximum Gasteiger partial charge on any atom is 0.248 e. The Bertz CT molecular complexity index is 836. The third-order valence-electron chi connectivity index (χ3n) is 3.51. The molecule has 0 fully saturated rings. The highest BCUT2D eigenvalue weighted by atomic mass is 16.1. The van der Waals surface area contributed by atoms with Crippen molar-refractivity contribution in [2.24, 2.45) is 0 Å². The fourth-order valence-corrected chi connectivity index (χ4v) is 2.53. The number of aldehydes is 1. The number of H-pyrrole nitrogens is 1. The molecule has 1 aromatic heterocycles. The molecule has 0 amide bonds. The Morgan fingerprint density at radius 3 is 2.67 bits per heavy atom. The summed E-state index contributed by atoms with van der Waals surface area (Å²) in [5.74, 6) is 1.07. The number of hydrogen-bond donors (Lipinski definition) is 3. The minimum atomic E-state index is 0.504. The molecular weight excluding hydrogens is 302 g/mol. The van der Waals surface area contributed by atoms with Crippen LogP contribution in [0.15, 0.2) is 42.5 Å². The standard InChI is InChI=1S/C18H19N5O/c1-12-6-13(2)8-16(7-12)20-18-21-17(22-23-18)19-10-14-4-3-5-15(9-14)11-24/h3-9,11H,10H2,1-2H3,(H3,19,20,21,22,23). The van der Waals surface area contributed by atoms with E-state index in [1.165, 1.54) is 11.1 Å². The summed E-state index contributed by atoms with van der Waals surface area (Å²) < 4.78 is 0. The van der Waals surface area contributed by atoms with E-state index in [9.17, 15) is 4.79 Å². The van der Waals surface area contributed by atoms with Gasteiger partial charge in [-0.3, -0.25) is 4.79 Å². The van der Waals surface area contributed by atoms with Crippen molar-refractivity contribution in [3.05, 3.63) is 64.7 Å². The number of anilines is 3. The summed E-state index contributed by atoms with van der Waals surface area (Å²) in [7, 11) is 0. The number of benzene rings is 2. The summed E-state index contributed by atoms with van der Waals surface area (Å²) in [6, 6.07) is 13.6. The predicted molar refractivity (Wildman–Crippen MR) is 94.7 cm³/mol. The van der Waals surface area contributed by atoms with Gasteiger partial charge in [0.25, 0.3) is 0 Å². The van der Waals surface area contributed by atoms with E-state index in [2.05, 4.69) is 45.7 Å². The second-order valence-corrected chi connectivity index (χ2v) is 5.73. The number of rotatable bonds is 6. The molecule has 0 bridgehead atoms. The normalized spacial score (nSPS) is 10.4. The van der Waals surface area contributed by atoms with Gasteiger partial charge in [0.1, 0.15) is 6.29 Å². The molecule has 122 valence electrons. The molecule has 3 aromatic rings. The molecule has 2 aromatic carbocycles. The quantitative estimate of drug-likeness (QED) is 0.604. The number of aromatic amines is 1. The molecule has 0 atom stereocenters. The third kappa shape index (κ3) is 3.98. The first kappa shape index (κ1) is 15.7. The van der Waals surface area contributed by atoms with Gasteiger partial charge in [-0.05, 0) is 48.7 Å². The van der Waals surface area contributed by atoms with Crippen molar-refractivity contribution in [2.75, 3.05) is 10.6 Å². The molecule has 0 spiro atoms. The van der Waals surface area contributed by atoms with Gasteiger partial charge in [-0.25, -0.2) is 5.10 Å². The van der Waals surface area contributed by atoms with Crippen LogP contribution in [0.2, 0.25) is 0 Å². The van der Waals surface area contributed by atoms with E-state index in [1.807, 2.05) is 30.3 Å². The van der Waals surface area contributed by atoms with Gasteiger partial charge in [0.15, 0.2) is 0 Å².